The van der Waals surface area contributed by atoms with Crippen LogP contribution in [0.15, 0.2) is 18.3 Å². The molecule has 2 N–H and O–H groups in total. The number of rotatable bonds is 4. The second-order valence-corrected chi connectivity index (χ2v) is 6.95. The predicted octanol–water partition coefficient (Wildman–Crippen LogP) is 3.24. The first kappa shape index (κ1) is 18.0. The van der Waals surface area contributed by atoms with Crippen molar-refractivity contribution < 1.29 is 14.5 Å². The summed E-state index contributed by atoms with van der Waals surface area (Å²) in [6, 6.07) is 2.94. The van der Waals surface area contributed by atoms with Gasteiger partial charge in [0.25, 0.3) is 5.69 Å². The zero-order chi connectivity index (χ0) is 17.7. The number of nitro groups is 1. The van der Waals surface area contributed by atoms with E-state index >= 15 is 0 Å². The molecular formula is C16H24N4O4. The average Bonchev–Trinajstić information content (AvgIpc) is 2.48. The molecule has 1 fully saturated rings. The molecule has 24 heavy (non-hydrogen) atoms. The second kappa shape index (κ2) is 7.46. The first-order valence-corrected chi connectivity index (χ1v) is 8.11. The Hall–Kier alpha value is -2.38. The van der Waals surface area contributed by atoms with E-state index in [0.717, 1.165) is 25.7 Å². The number of nitrogens with zero attached hydrogens (tertiary/aromatic N) is 2. The van der Waals surface area contributed by atoms with E-state index < -0.39 is 16.6 Å². The average molecular weight is 336 g/mol. The number of carbonyl (C=O) groups is 1. The van der Waals surface area contributed by atoms with Crippen LogP contribution < -0.4 is 10.6 Å². The molecule has 2 rings (SSSR count). The van der Waals surface area contributed by atoms with E-state index in [2.05, 4.69) is 15.6 Å². The molecule has 0 radical (unpaired) electrons. The van der Waals surface area contributed by atoms with E-state index in [0.29, 0.717) is 5.82 Å². The number of anilines is 1. The SMILES string of the molecule is CC(C)(C)OC(=O)N[C@@H]1CCCC[C@H]1Nc1ccc([N+](=O)[O-])cn1. The van der Waals surface area contributed by atoms with Gasteiger partial charge in [-0.15, -0.1) is 0 Å². The number of hydrogen-bond donors (Lipinski definition) is 2. The van der Waals surface area contributed by atoms with Gasteiger partial charge in [-0.2, -0.15) is 0 Å². The third kappa shape index (κ3) is 5.36. The third-order valence-corrected chi connectivity index (χ3v) is 3.76. The fraction of sp³-hybridized carbons (Fsp3) is 0.625. The Morgan fingerprint density at radius 1 is 1.29 bits per heavy atom. The van der Waals surface area contributed by atoms with E-state index in [-0.39, 0.29) is 17.8 Å². The van der Waals surface area contributed by atoms with Crippen molar-refractivity contribution in [3.05, 3.63) is 28.4 Å². The molecule has 1 aliphatic carbocycles. The number of ether oxygens (including phenoxy) is 1. The van der Waals surface area contributed by atoms with Crippen molar-refractivity contribution in [2.75, 3.05) is 5.32 Å². The van der Waals surface area contributed by atoms with Gasteiger partial charge in [-0.25, -0.2) is 9.78 Å². The van der Waals surface area contributed by atoms with Crippen LogP contribution in [0.3, 0.4) is 0 Å². The van der Waals surface area contributed by atoms with Crippen LogP contribution in [-0.4, -0.2) is 33.7 Å². The lowest BCUT2D eigenvalue weighted by Crippen LogP contribution is -2.49. The third-order valence-electron chi connectivity index (χ3n) is 3.76. The molecule has 8 heteroatoms. The summed E-state index contributed by atoms with van der Waals surface area (Å²) in [5.74, 6) is 0.559. The van der Waals surface area contributed by atoms with Crippen molar-refractivity contribution in [1.29, 1.82) is 0 Å². The monoisotopic (exact) mass is 336 g/mol. The zero-order valence-corrected chi connectivity index (χ0v) is 14.2. The summed E-state index contributed by atoms with van der Waals surface area (Å²) in [4.78, 5) is 26.3. The molecule has 0 bridgehead atoms. The van der Waals surface area contributed by atoms with Crippen molar-refractivity contribution in [3.63, 3.8) is 0 Å². The summed E-state index contributed by atoms with van der Waals surface area (Å²) < 4.78 is 5.31. The summed E-state index contributed by atoms with van der Waals surface area (Å²) in [6.07, 6.45) is 4.62. The number of pyridine rings is 1. The first-order chi connectivity index (χ1) is 11.2. The van der Waals surface area contributed by atoms with Gasteiger partial charge in [0.1, 0.15) is 17.6 Å². The largest absolute Gasteiger partial charge is 0.444 e. The first-order valence-electron chi connectivity index (χ1n) is 8.11. The minimum Gasteiger partial charge on any atom is -0.444 e. The van der Waals surface area contributed by atoms with Crippen LogP contribution in [0.5, 0.6) is 0 Å². The molecule has 8 nitrogen and oxygen atoms in total. The molecule has 2 atom stereocenters. The van der Waals surface area contributed by atoms with Gasteiger partial charge in [0, 0.05) is 12.1 Å². The van der Waals surface area contributed by atoms with Crippen molar-refractivity contribution in [1.82, 2.24) is 10.3 Å². The number of hydrogen-bond acceptors (Lipinski definition) is 6. The van der Waals surface area contributed by atoms with Crippen LogP contribution in [0.2, 0.25) is 0 Å². The van der Waals surface area contributed by atoms with E-state index in [9.17, 15) is 14.9 Å². The fourth-order valence-electron chi connectivity index (χ4n) is 2.70. The predicted molar refractivity (Wildman–Crippen MR) is 89.9 cm³/mol. The minimum atomic E-state index is -0.540. The van der Waals surface area contributed by atoms with E-state index in [4.69, 9.17) is 4.74 Å². The van der Waals surface area contributed by atoms with Gasteiger partial charge in [0.15, 0.2) is 0 Å². The number of aromatic nitrogens is 1. The molecule has 132 valence electrons. The molecule has 0 unspecified atom stereocenters. The highest BCUT2D eigenvalue weighted by molar-refractivity contribution is 5.68. The number of carbonyl (C=O) groups excluding carboxylic acids is 1. The van der Waals surface area contributed by atoms with Gasteiger partial charge in [-0.05, 0) is 39.7 Å². The molecule has 1 saturated carbocycles. The molecule has 1 amide bonds. The highest BCUT2D eigenvalue weighted by Gasteiger charge is 2.28. The van der Waals surface area contributed by atoms with E-state index in [1.807, 2.05) is 20.8 Å². The molecule has 0 spiro atoms. The Bertz CT molecular complexity index is 583. The molecule has 0 aliphatic heterocycles. The smallest absolute Gasteiger partial charge is 0.407 e. The maximum atomic E-state index is 12.0. The summed E-state index contributed by atoms with van der Waals surface area (Å²) in [7, 11) is 0. The van der Waals surface area contributed by atoms with Crippen LogP contribution in [0, 0.1) is 10.1 Å². The van der Waals surface area contributed by atoms with Gasteiger partial charge in [0.05, 0.1) is 11.0 Å². The van der Waals surface area contributed by atoms with Crippen LogP contribution in [0.4, 0.5) is 16.3 Å². The molecule has 1 heterocycles. The van der Waals surface area contributed by atoms with Gasteiger partial charge in [-0.1, -0.05) is 12.8 Å². The van der Waals surface area contributed by atoms with Gasteiger partial charge < -0.3 is 15.4 Å². The molecule has 1 aliphatic rings. The molecular weight excluding hydrogens is 312 g/mol. The fourth-order valence-corrected chi connectivity index (χ4v) is 2.70. The summed E-state index contributed by atoms with van der Waals surface area (Å²) in [5.41, 5.74) is -0.589. The Morgan fingerprint density at radius 2 is 1.96 bits per heavy atom. The standard InChI is InChI=1S/C16H24N4O4/c1-16(2,3)24-15(21)19-13-7-5-4-6-12(13)18-14-9-8-11(10-17-14)20(22)23/h8-10,12-13H,4-7H2,1-3H3,(H,17,18)(H,19,21)/t12-,13-/m1/s1. The molecule has 0 aromatic carbocycles. The normalized spacial score (nSPS) is 21.0. The molecule has 1 aromatic heterocycles. The lowest BCUT2D eigenvalue weighted by Gasteiger charge is -2.33. The van der Waals surface area contributed by atoms with Crippen LogP contribution in [0.1, 0.15) is 46.5 Å². The minimum absolute atomic E-state index is 0.0141. The molecule has 1 aromatic rings. The quantitative estimate of drug-likeness (QED) is 0.646. The van der Waals surface area contributed by atoms with Crippen molar-refractivity contribution in [2.24, 2.45) is 0 Å². The van der Waals surface area contributed by atoms with Crippen LogP contribution in [0.25, 0.3) is 0 Å². The van der Waals surface area contributed by atoms with Crippen LogP contribution >= 0.6 is 0 Å². The van der Waals surface area contributed by atoms with E-state index in [1.54, 1.807) is 6.07 Å². The lowest BCUT2D eigenvalue weighted by molar-refractivity contribution is -0.385. The Labute approximate surface area is 141 Å². The topological polar surface area (TPSA) is 106 Å². The highest BCUT2D eigenvalue weighted by Crippen LogP contribution is 2.23. The Morgan fingerprint density at radius 3 is 2.50 bits per heavy atom. The second-order valence-electron chi connectivity index (χ2n) is 6.95. The molecule has 0 saturated heterocycles. The van der Waals surface area contributed by atoms with Crippen molar-refractivity contribution >= 4 is 17.6 Å². The maximum Gasteiger partial charge on any atom is 0.407 e. The summed E-state index contributed by atoms with van der Waals surface area (Å²) >= 11 is 0. The Kier molecular flexibility index (Phi) is 5.58. The zero-order valence-electron chi connectivity index (χ0n) is 14.2. The van der Waals surface area contributed by atoms with Crippen LogP contribution in [-0.2, 0) is 4.74 Å². The van der Waals surface area contributed by atoms with Gasteiger partial charge in [0.2, 0.25) is 0 Å². The maximum absolute atomic E-state index is 12.0. The summed E-state index contributed by atoms with van der Waals surface area (Å²) in [5, 5.41) is 16.9. The lowest BCUT2D eigenvalue weighted by atomic mass is 9.90. The van der Waals surface area contributed by atoms with Gasteiger partial charge >= 0.3 is 6.09 Å². The van der Waals surface area contributed by atoms with Crippen molar-refractivity contribution in [2.45, 2.75) is 64.1 Å². The summed E-state index contributed by atoms with van der Waals surface area (Å²) in [6.45, 7) is 5.47. The van der Waals surface area contributed by atoms with Gasteiger partial charge in [-0.3, -0.25) is 10.1 Å². The number of amides is 1. The number of nitrogens with one attached hydrogen (secondary N) is 2. The van der Waals surface area contributed by atoms with Crippen molar-refractivity contribution in [3.8, 4) is 0 Å². The highest BCUT2D eigenvalue weighted by atomic mass is 16.6. The number of alkyl carbamates (subject to hydrolysis) is 1. The Balaban J connectivity index is 1.98. The van der Waals surface area contributed by atoms with E-state index in [1.165, 1.54) is 12.3 Å².